The number of nitrogens with zero attached hydrogens (tertiary/aromatic N) is 2. The number of amides is 1. The minimum absolute atomic E-state index is 0.113. The van der Waals surface area contributed by atoms with Crippen LogP contribution in [0.3, 0.4) is 0 Å². The van der Waals surface area contributed by atoms with Crippen LogP contribution in [0, 0.1) is 6.92 Å². The number of piperidine rings is 1. The number of aliphatic hydroxyl groups is 1. The van der Waals surface area contributed by atoms with Crippen molar-refractivity contribution < 1.29 is 19.2 Å². The molecule has 0 bridgehead atoms. The van der Waals surface area contributed by atoms with E-state index in [9.17, 15) is 4.79 Å². The molecular weight excluding hydrogens is 391 g/mol. The van der Waals surface area contributed by atoms with Crippen molar-refractivity contribution in [3.05, 3.63) is 39.6 Å². The van der Waals surface area contributed by atoms with E-state index < -0.39 is 0 Å². The molecule has 8 heteroatoms. The lowest BCUT2D eigenvalue weighted by molar-refractivity contribution is 0.00396. The van der Waals surface area contributed by atoms with Crippen LogP contribution >= 0.6 is 23.2 Å². The maximum Gasteiger partial charge on any atom is 0.259 e. The summed E-state index contributed by atoms with van der Waals surface area (Å²) >= 11 is 12.6. The van der Waals surface area contributed by atoms with E-state index in [1.165, 1.54) is 0 Å². The van der Waals surface area contributed by atoms with E-state index >= 15 is 0 Å². The summed E-state index contributed by atoms with van der Waals surface area (Å²) in [5.41, 5.74) is 1.27. The monoisotopic (exact) mass is 412 g/mol. The van der Waals surface area contributed by atoms with Gasteiger partial charge in [0.1, 0.15) is 17.0 Å². The van der Waals surface area contributed by atoms with Crippen molar-refractivity contribution >= 4 is 29.1 Å². The number of likely N-dealkylation sites (tertiary alicyclic amines) is 1. The number of carbonyl (C=O) groups is 1. The number of ether oxygens (including phenoxy) is 1. The second-order valence-electron chi connectivity index (χ2n) is 6.50. The van der Waals surface area contributed by atoms with E-state index in [1.54, 1.807) is 30.0 Å². The maximum atomic E-state index is 13.1. The van der Waals surface area contributed by atoms with Crippen molar-refractivity contribution in [2.24, 2.45) is 0 Å². The number of rotatable bonds is 6. The number of halogens is 2. The number of aliphatic hydroxyl groups excluding tert-OH is 1. The van der Waals surface area contributed by atoms with E-state index in [1.807, 2.05) is 0 Å². The molecule has 2 aromatic rings. The highest BCUT2D eigenvalue weighted by Crippen LogP contribution is 2.37. The van der Waals surface area contributed by atoms with E-state index in [-0.39, 0.29) is 18.6 Å². The molecule has 1 fully saturated rings. The van der Waals surface area contributed by atoms with Crippen molar-refractivity contribution in [1.29, 1.82) is 0 Å². The summed E-state index contributed by atoms with van der Waals surface area (Å²) in [6.45, 7) is 3.54. The number of benzene rings is 1. The highest BCUT2D eigenvalue weighted by Gasteiger charge is 2.30. The van der Waals surface area contributed by atoms with Crippen LogP contribution in [0.25, 0.3) is 11.3 Å². The van der Waals surface area contributed by atoms with Crippen molar-refractivity contribution in [3.63, 3.8) is 0 Å². The zero-order valence-corrected chi connectivity index (χ0v) is 16.6. The van der Waals surface area contributed by atoms with Gasteiger partial charge < -0.3 is 19.3 Å². The molecule has 27 heavy (non-hydrogen) atoms. The molecule has 0 saturated carbocycles. The van der Waals surface area contributed by atoms with Gasteiger partial charge in [-0.15, -0.1) is 0 Å². The fourth-order valence-corrected chi connectivity index (χ4v) is 3.79. The van der Waals surface area contributed by atoms with Crippen LogP contribution in [0.2, 0.25) is 10.0 Å². The van der Waals surface area contributed by atoms with Crippen LogP contribution in [0.5, 0.6) is 0 Å². The Labute approximate surface area is 168 Å². The summed E-state index contributed by atoms with van der Waals surface area (Å²) in [5, 5.41) is 13.7. The maximum absolute atomic E-state index is 13.1. The standard InChI is InChI=1S/C19H22Cl2N2O4/c1-12-16(18(22-27-12)17-14(20)4-2-5-15(17)21)19(25)23-8-6-13(7-9-23)26-11-3-10-24/h2,4-5,13,24H,3,6-11H2,1H3. The lowest BCUT2D eigenvalue weighted by Crippen LogP contribution is -2.41. The molecule has 6 nitrogen and oxygen atoms in total. The summed E-state index contributed by atoms with van der Waals surface area (Å²) in [4.78, 5) is 14.9. The molecule has 1 aromatic heterocycles. The average Bonchev–Trinajstić information content (AvgIpc) is 3.03. The lowest BCUT2D eigenvalue weighted by atomic mass is 10.0. The van der Waals surface area contributed by atoms with Crippen molar-refractivity contribution in [3.8, 4) is 11.3 Å². The Kier molecular flexibility index (Phi) is 6.76. The van der Waals surface area contributed by atoms with Crippen molar-refractivity contribution in [2.75, 3.05) is 26.3 Å². The summed E-state index contributed by atoms with van der Waals surface area (Å²) in [7, 11) is 0. The van der Waals surface area contributed by atoms with Crippen LogP contribution in [-0.4, -0.2) is 53.5 Å². The molecule has 1 N–H and O–H groups in total. The second kappa shape index (κ2) is 9.06. The first-order chi connectivity index (χ1) is 13.0. The highest BCUT2D eigenvalue weighted by molar-refractivity contribution is 6.39. The number of hydrogen-bond donors (Lipinski definition) is 1. The Morgan fingerprint density at radius 1 is 1.33 bits per heavy atom. The molecule has 0 unspecified atom stereocenters. The topological polar surface area (TPSA) is 75.8 Å². The van der Waals surface area contributed by atoms with Crippen LogP contribution in [0.15, 0.2) is 22.7 Å². The number of aryl methyl sites for hydroxylation is 1. The van der Waals surface area contributed by atoms with E-state index in [0.717, 1.165) is 12.8 Å². The van der Waals surface area contributed by atoms with Crippen molar-refractivity contribution in [1.82, 2.24) is 10.1 Å². The third-order valence-electron chi connectivity index (χ3n) is 4.66. The minimum Gasteiger partial charge on any atom is -0.396 e. The molecule has 0 atom stereocenters. The first-order valence-electron chi connectivity index (χ1n) is 8.95. The molecule has 3 rings (SSSR count). The predicted molar refractivity (Wildman–Crippen MR) is 103 cm³/mol. The van der Waals surface area contributed by atoms with E-state index in [0.29, 0.717) is 58.7 Å². The molecule has 0 radical (unpaired) electrons. The van der Waals surface area contributed by atoms with Crippen LogP contribution < -0.4 is 0 Å². The molecule has 1 aromatic carbocycles. The van der Waals surface area contributed by atoms with Gasteiger partial charge in [-0.2, -0.15) is 0 Å². The zero-order valence-electron chi connectivity index (χ0n) is 15.1. The third kappa shape index (κ3) is 4.46. The Morgan fingerprint density at radius 2 is 2.00 bits per heavy atom. The van der Waals surface area contributed by atoms with E-state index in [4.69, 9.17) is 37.6 Å². The van der Waals surface area contributed by atoms with Crippen LogP contribution in [0.1, 0.15) is 35.4 Å². The molecule has 0 spiro atoms. The van der Waals surface area contributed by atoms with Gasteiger partial charge in [-0.3, -0.25) is 4.79 Å². The smallest absolute Gasteiger partial charge is 0.259 e. The Bertz CT molecular complexity index is 781. The van der Waals surface area contributed by atoms with Gasteiger partial charge in [-0.1, -0.05) is 34.4 Å². The van der Waals surface area contributed by atoms with Gasteiger partial charge in [0.15, 0.2) is 0 Å². The first kappa shape index (κ1) is 20.1. The summed E-state index contributed by atoms with van der Waals surface area (Å²) < 4.78 is 11.0. The number of aromatic nitrogens is 1. The lowest BCUT2D eigenvalue weighted by Gasteiger charge is -2.32. The average molecular weight is 413 g/mol. The largest absolute Gasteiger partial charge is 0.396 e. The molecule has 0 aliphatic carbocycles. The van der Waals surface area contributed by atoms with Gasteiger partial charge in [-0.05, 0) is 38.3 Å². The summed E-state index contributed by atoms with van der Waals surface area (Å²) in [6, 6.07) is 5.15. The molecule has 146 valence electrons. The van der Waals surface area contributed by atoms with Gasteiger partial charge in [-0.25, -0.2) is 0 Å². The van der Waals surface area contributed by atoms with Gasteiger partial charge in [0.25, 0.3) is 5.91 Å². The predicted octanol–water partition coefficient (Wildman–Crippen LogP) is 3.96. The fraction of sp³-hybridized carbons (Fsp3) is 0.474. The van der Waals surface area contributed by atoms with Gasteiger partial charge >= 0.3 is 0 Å². The fourth-order valence-electron chi connectivity index (χ4n) is 3.22. The van der Waals surface area contributed by atoms with Crippen LogP contribution in [0.4, 0.5) is 0 Å². The highest BCUT2D eigenvalue weighted by atomic mass is 35.5. The van der Waals surface area contributed by atoms with E-state index in [2.05, 4.69) is 5.16 Å². The Morgan fingerprint density at radius 3 is 2.63 bits per heavy atom. The number of hydrogen-bond acceptors (Lipinski definition) is 5. The second-order valence-corrected chi connectivity index (χ2v) is 7.31. The molecule has 2 heterocycles. The molecule has 1 aliphatic rings. The summed E-state index contributed by atoms with van der Waals surface area (Å²) in [6.07, 6.45) is 2.25. The van der Waals surface area contributed by atoms with Crippen molar-refractivity contribution in [2.45, 2.75) is 32.3 Å². The van der Waals surface area contributed by atoms with Crippen LogP contribution in [-0.2, 0) is 4.74 Å². The van der Waals surface area contributed by atoms with Gasteiger partial charge in [0.2, 0.25) is 0 Å². The SMILES string of the molecule is Cc1onc(-c2c(Cl)cccc2Cl)c1C(=O)N1CCC(OCCCO)CC1. The minimum atomic E-state index is -0.145. The Balaban J connectivity index is 1.76. The Hall–Kier alpha value is -1.60. The van der Waals surface area contributed by atoms with Gasteiger partial charge in [0.05, 0.1) is 16.1 Å². The van der Waals surface area contributed by atoms with Gasteiger partial charge in [0, 0.05) is 31.9 Å². The third-order valence-corrected chi connectivity index (χ3v) is 5.29. The summed E-state index contributed by atoms with van der Waals surface area (Å²) in [5.74, 6) is 0.292. The number of carbonyl (C=O) groups excluding carboxylic acids is 1. The normalized spacial score (nSPS) is 15.3. The zero-order chi connectivity index (χ0) is 19.4. The molecule has 1 saturated heterocycles. The molecule has 1 amide bonds. The molecule has 1 aliphatic heterocycles. The quantitative estimate of drug-likeness (QED) is 0.726. The first-order valence-corrected chi connectivity index (χ1v) is 9.71. The molecular formula is C19H22Cl2N2O4.